The average molecular weight is 698 g/mol. The molecule has 5 N–H and O–H groups in total. The number of nitrogens with one attached hydrogen (secondary N) is 4. The first kappa shape index (κ1) is 40.7. The van der Waals surface area contributed by atoms with Crippen LogP contribution < -0.4 is 21.3 Å². The number of carbonyl (C=O) groups is 5. The number of amides is 5. The first-order valence-electron chi connectivity index (χ1n) is 18.2. The first-order chi connectivity index (χ1) is 23.6. The van der Waals surface area contributed by atoms with Crippen LogP contribution in [0.25, 0.3) is 0 Å². The molecule has 1 aliphatic heterocycles. The molecular weight excluding hydrogens is 638 g/mol. The van der Waals surface area contributed by atoms with Gasteiger partial charge in [-0.15, -0.1) is 0 Å². The summed E-state index contributed by atoms with van der Waals surface area (Å²) < 4.78 is 5.36. The number of anilines is 1. The molecular formula is C38H59N5O7. The van der Waals surface area contributed by atoms with Crippen LogP contribution in [0, 0.1) is 17.8 Å². The van der Waals surface area contributed by atoms with Gasteiger partial charge in [0.15, 0.2) is 0 Å². The van der Waals surface area contributed by atoms with Gasteiger partial charge in [0.05, 0.1) is 12.6 Å². The molecule has 1 heterocycles. The Morgan fingerprint density at radius 1 is 0.900 bits per heavy atom. The maximum atomic E-state index is 13.8. The number of ether oxygens (including phenoxy) is 1. The quantitative estimate of drug-likeness (QED) is 0.108. The summed E-state index contributed by atoms with van der Waals surface area (Å²) in [6.45, 7) is 12.4. The number of alkyl carbamates (subject to hydrolysis) is 1. The second-order valence-electron chi connectivity index (χ2n) is 15.2. The van der Waals surface area contributed by atoms with E-state index in [0.29, 0.717) is 31.1 Å². The van der Waals surface area contributed by atoms with E-state index in [1.807, 2.05) is 41.5 Å². The van der Waals surface area contributed by atoms with E-state index in [9.17, 15) is 29.1 Å². The summed E-state index contributed by atoms with van der Waals surface area (Å²) in [7, 11) is 0. The third kappa shape index (κ3) is 13.9. The molecule has 3 atom stereocenters. The highest BCUT2D eigenvalue weighted by molar-refractivity contribution is 6.12. The number of nitrogens with zero attached hydrogens (tertiary/aromatic N) is 1. The molecule has 0 unspecified atom stereocenters. The van der Waals surface area contributed by atoms with Crippen molar-refractivity contribution in [1.82, 2.24) is 20.9 Å². The van der Waals surface area contributed by atoms with Crippen LogP contribution in [0.1, 0.15) is 105 Å². The lowest BCUT2D eigenvalue weighted by Gasteiger charge is -2.32. The highest BCUT2D eigenvalue weighted by atomic mass is 16.6. The molecule has 1 aliphatic carbocycles. The Balaban J connectivity index is 1.56. The zero-order valence-electron chi connectivity index (χ0n) is 30.8. The molecule has 278 valence electrons. The predicted octanol–water partition coefficient (Wildman–Crippen LogP) is 4.81. The Bertz CT molecular complexity index is 1300. The second-order valence-corrected chi connectivity index (χ2v) is 15.2. The van der Waals surface area contributed by atoms with E-state index in [-0.39, 0.29) is 48.1 Å². The Morgan fingerprint density at radius 3 is 2.10 bits per heavy atom. The summed E-state index contributed by atoms with van der Waals surface area (Å²) in [5, 5.41) is 21.8. The van der Waals surface area contributed by atoms with Gasteiger partial charge in [-0.3, -0.25) is 24.1 Å². The van der Waals surface area contributed by atoms with Crippen molar-refractivity contribution in [2.24, 2.45) is 17.8 Å². The molecule has 1 aromatic rings. The minimum Gasteiger partial charge on any atom is -0.444 e. The summed E-state index contributed by atoms with van der Waals surface area (Å²) >= 11 is 0. The second kappa shape index (κ2) is 19.6. The van der Waals surface area contributed by atoms with Gasteiger partial charge in [0, 0.05) is 37.0 Å². The zero-order chi connectivity index (χ0) is 36.8. The maximum absolute atomic E-state index is 13.8. The zero-order valence-corrected chi connectivity index (χ0v) is 30.8. The molecule has 50 heavy (non-hydrogen) atoms. The molecule has 3 rings (SSSR count). The standard InChI is InChI=1S/C38H59N5O7/c1-25(2)34(40-26(3)10-8-7-9-21-43-32(45)19-20-33(43)46)36(48)42-31(35(47)41-30-17-15-29(24-44)16-18-30)22-27-11-13-28(14-12-27)23-39-37(49)50-38(4,5)6/h15-20,25-28,31,34,40,44H,7-14,21-24H2,1-6H3,(H,39,49)(H,41,47)(H,42,48)/t26-,27?,28?,31-,34-/m0/s1. The van der Waals surface area contributed by atoms with Gasteiger partial charge in [-0.2, -0.15) is 0 Å². The number of benzene rings is 1. The van der Waals surface area contributed by atoms with Gasteiger partial charge >= 0.3 is 6.09 Å². The van der Waals surface area contributed by atoms with Crippen LogP contribution in [0.2, 0.25) is 0 Å². The molecule has 0 spiro atoms. The molecule has 1 fully saturated rings. The van der Waals surface area contributed by atoms with Crippen LogP contribution >= 0.6 is 0 Å². The molecule has 12 heteroatoms. The summed E-state index contributed by atoms with van der Waals surface area (Å²) in [5.41, 5.74) is 0.772. The average Bonchev–Trinajstić information content (AvgIpc) is 3.38. The summed E-state index contributed by atoms with van der Waals surface area (Å²) in [6.07, 6.45) is 9.51. The van der Waals surface area contributed by atoms with E-state index < -0.39 is 23.8 Å². The minimum atomic E-state index is -0.745. The van der Waals surface area contributed by atoms with E-state index in [4.69, 9.17) is 4.74 Å². The van der Waals surface area contributed by atoms with Gasteiger partial charge in [0.25, 0.3) is 11.8 Å². The number of hydrogen-bond donors (Lipinski definition) is 5. The first-order valence-corrected chi connectivity index (χ1v) is 18.2. The third-order valence-electron chi connectivity index (χ3n) is 9.34. The van der Waals surface area contributed by atoms with E-state index in [0.717, 1.165) is 56.9 Å². The van der Waals surface area contributed by atoms with E-state index >= 15 is 0 Å². The SMILES string of the molecule is CC(C)[C@H](N[C@@H](C)CCCCCN1C(=O)C=CC1=O)C(=O)N[C@@H](CC1CCC(CNC(=O)OC(C)(C)C)CC1)C(=O)Nc1ccc(CO)cc1. The van der Waals surface area contributed by atoms with E-state index in [1.165, 1.54) is 17.1 Å². The smallest absolute Gasteiger partial charge is 0.407 e. The van der Waals surface area contributed by atoms with Gasteiger partial charge in [-0.05, 0) is 95.2 Å². The number of unbranched alkanes of at least 4 members (excludes halogenated alkanes) is 2. The largest absolute Gasteiger partial charge is 0.444 e. The lowest BCUT2D eigenvalue weighted by atomic mass is 9.79. The fraction of sp³-hybridized carbons (Fsp3) is 0.658. The van der Waals surface area contributed by atoms with E-state index in [1.54, 1.807) is 24.3 Å². The van der Waals surface area contributed by atoms with Crippen molar-refractivity contribution in [1.29, 1.82) is 0 Å². The number of aliphatic hydroxyl groups is 1. The minimum absolute atomic E-state index is 0.0280. The molecule has 1 aromatic carbocycles. The van der Waals surface area contributed by atoms with Crippen LogP contribution in [0.15, 0.2) is 36.4 Å². The predicted molar refractivity (Wildman–Crippen MR) is 193 cm³/mol. The summed E-state index contributed by atoms with van der Waals surface area (Å²) in [6, 6.07) is 5.75. The highest BCUT2D eigenvalue weighted by Gasteiger charge is 2.32. The molecule has 0 saturated heterocycles. The lowest BCUT2D eigenvalue weighted by molar-refractivity contribution is -0.136. The summed E-state index contributed by atoms with van der Waals surface area (Å²) in [5.74, 6) is -0.512. The van der Waals surface area contributed by atoms with Crippen LogP contribution in [0.4, 0.5) is 10.5 Å². The fourth-order valence-corrected chi connectivity index (χ4v) is 6.47. The Labute approximate surface area is 297 Å². The number of rotatable bonds is 18. The summed E-state index contributed by atoms with van der Waals surface area (Å²) in [4.78, 5) is 64.4. The molecule has 1 saturated carbocycles. The van der Waals surface area contributed by atoms with Crippen LogP contribution in [-0.2, 0) is 30.5 Å². The Morgan fingerprint density at radius 2 is 1.52 bits per heavy atom. The highest BCUT2D eigenvalue weighted by Crippen LogP contribution is 2.32. The van der Waals surface area contributed by atoms with Crippen molar-refractivity contribution >= 4 is 35.4 Å². The Kier molecular flexibility index (Phi) is 15.9. The molecule has 0 bridgehead atoms. The van der Waals surface area contributed by atoms with Gasteiger partial charge in [-0.1, -0.05) is 51.7 Å². The van der Waals surface area contributed by atoms with Crippen molar-refractivity contribution < 1.29 is 33.8 Å². The van der Waals surface area contributed by atoms with Crippen LogP contribution in [0.5, 0.6) is 0 Å². The van der Waals surface area contributed by atoms with Crippen molar-refractivity contribution in [3.8, 4) is 0 Å². The van der Waals surface area contributed by atoms with Crippen molar-refractivity contribution in [2.75, 3.05) is 18.4 Å². The number of hydrogen-bond acceptors (Lipinski definition) is 8. The Hall–Kier alpha value is -3.77. The van der Waals surface area contributed by atoms with Crippen molar-refractivity contribution in [2.45, 2.75) is 130 Å². The number of imide groups is 1. The fourth-order valence-electron chi connectivity index (χ4n) is 6.47. The maximum Gasteiger partial charge on any atom is 0.407 e. The molecule has 0 aromatic heterocycles. The molecule has 12 nitrogen and oxygen atoms in total. The van der Waals surface area contributed by atoms with Gasteiger partial charge in [0.2, 0.25) is 11.8 Å². The topological polar surface area (TPSA) is 166 Å². The number of aliphatic hydroxyl groups excluding tert-OH is 1. The molecule has 0 radical (unpaired) electrons. The monoisotopic (exact) mass is 697 g/mol. The van der Waals surface area contributed by atoms with Crippen molar-refractivity contribution in [3.63, 3.8) is 0 Å². The normalized spacial score (nSPS) is 19.6. The van der Waals surface area contributed by atoms with Gasteiger partial charge in [0.1, 0.15) is 11.6 Å². The number of carbonyl (C=O) groups excluding carboxylic acids is 5. The third-order valence-corrected chi connectivity index (χ3v) is 9.34. The van der Waals surface area contributed by atoms with E-state index in [2.05, 4.69) is 21.3 Å². The van der Waals surface area contributed by atoms with Crippen LogP contribution in [0.3, 0.4) is 0 Å². The molecule has 2 aliphatic rings. The molecule has 5 amide bonds. The van der Waals surface area contributed by atoms with Gasteiger partial charge < -0.3 is 31.1 Å². The van der Waals surface area contributed by atoms with Gasteiger partial charge in [-0.25, -0.2) is 4.79 Å². The van der Waals surface area contributed by atoms with Crippen LogP contribution in [-0.4, -0.2) is 76.5 Å². The lowest BCUT2D eigenvalue weighted by Crippen LogP contribution is -2.55. The van der Waals surface area contributed by atoms with Crippen molar-refractivity contribution in [3.05, 3.63) is 42.0 Å².